The summed E-state index contributed by atoms with van der Waals surface area (Å²) in [5.74, 6) is 0.714. The molecule has 4 rings (SSSR count). The number of aromatic amines is 1. The number of nitrogens with one attached hydrogen (secondary N) is 2. The van der Waals surface area contributed by atoms with Crippen LogP contribution in [0.4, 0.5) is 0 Å². The number of nitrogens with zero attached hydrogens (tertiary/aromatic N) is 1. The highest BCUT2D eigenvalue weighted by atomic mass is 16.5. The van der Waals surface area contributed by atoms with E-state index in [9.17, 15) is 9.59 Å². The zero-order valence-corrected chi connectivity index (χ0v) is 17.2. The zero-order chi connectivity index (χ0) is 20.2. The molecule has 2 heterocycles. The summed E-state index contributed by atoms with van der Waals surface area (Å²) in [6.07, 6.45) is 8.27. The van der Waals surface area contributed by atoms with E-state index < -0.39 is 0 Å². The van der Waals surface area contributed by atoms with E-state index >= 15 is 0 Å². The molecule has 156 valence electrons. The number of fused-ring (bicyclic) bond motifs is 1. The summed E-state index contributed by atoms with van der Waals surface area (Å²) in [4.78, 5) is 29.9. The van der Waals surface area contributed by atoms with E-state index in [1.54, 1.807) is 0 Å². The van der Waals surface area contributed by atoms with Gasteiger partial charge in [-0.25, -0.2) is 0 Å². The van der Waals surface area contributed by atoms with Crippen LogP contribution in [0, 0.1) is 5.92 Å². The minimum absolute atomic E-state index is 0.0954. The number of carbonyl (C=O) groups is 2. The number of amides is 1. The van der Waals surface area contributed by atoms with Crippen LogP contribution in [0.1, 0.15) is 44.1 Å². The molecule has 0 bridgehead atoms. The molecule has 0 radical (unpaired) electrons. The summed E-state index contributed by atoms with van der Waals surface area (Å²) in [6, 6.07) is 8.75. The molecular formula is C23H31N3O3. The summed E-state index contributed by atoms with van der Waals surface area (Å²) in [5, 5.41) is 4.33. The largest absolute Gasteiger partial charge is 0.469 e. The van der Waals surface area contributed by atoms with Gasteiger partial charge in [-0.15, -0.1) is 0 Å². The minimum atomic E-state index is -0.140. The van der Waals surface area contributed by atoms with E-state index in [4.69, 9.17) is 4.74 Å². The van der Waals surface area contributed by atoms with E-state index in [2.05, 4.69) is 27.3 Å². The number of benzene rings is 1. The van der Waals surface area contributed by atoms with Gasteiger partial charge in [-0.2, -0.15) is 0 Å². The second-order valence-electron chi connectivity index (χ2n) is 8.47. The Balaban J connectivity index is 1.27. The van der Waals surface area contributed by atoms with Crippen LogP contribution in [-0.2, 0) is 20.7 Å². The number of hydrogen-bond donors (Lipinski definition) is 2. The average molecular weight is 398 g/mol. The number of carbonyl (C=O) groups excluding carboxylic acids is 2. The topological polar surface area (TPSA) is 74.4 Å². The number of para-hydroxylation sites is 1. The Morgan fingerprint density at radius 3 is 2.76 bits per heavy atom. The Morgan fingerprint density at radius 1 is 1.17 bits per heavy atom. The highest BCUT2D eigenvalue weighted by Crippen LogP contribution is 2.35. The number of rotatable bonds is 9. The lowest BCUT2D eigenvalue weighted by atomic mass is 10.1. The molecule has 29 heavy (non-hydrogen) atoms. The van der Waals surface area contributed by atoms with Crippen LogP contribution in [0.15, 0.2) is 30.5 Å². The number of aryl methyl sites for hydroxylation is 1. The van der Waals surface area contributed by atoms with Gasteiger partial charge in [-0.3, -0.25) is 14.5 Å². The van der Waals surface area contributed by atoms with Gasteiger partial charge in [0, 0.05) is 48.7 Å². The van der Waals surface area contributed by atoms with E-state index in [1.165, 1.54) is 30.9 Å². The number of methoxy groups -OCH3 is 1. The number of aromatic nitrogens is 1. The van der Waals surface area contributed by atoms with Crippen LogP contribution >= 0.6 is 0 Å². The molecule has 1 saturated heterocycles. The third kappa shape index (κ3) is 4.99. The monoisotopic (exact) mass is 397 g/mol. The molecule has 0 unspecified atom stereocenters. The van der Waals surface area contributed by atoms with E-state index in [-0.39, 0.29) is 17.9 Å². The van der Waals surface area contributed by atoms with Gasteiger partial charge in [0.05, 0.1) is 13.5 Å². The van der Waals surface area contributed by atoms with Gasteiger partial charge >= 0.3 is 5.97 Å². The molecule has 6 nitrogen and oxygen atoms in total. The fraction of sp³-hybridized carbons (Fsp3) is 0.565. The van der Waals surface area contributed by atoms with Gasteiger partial charge in [0.2, 0.25) is 5.91 Å². The van der Waals surface area contributed by atoms with E-state index in [0.717, 1.165) is 37.2 Å². The van der Waals surface area contributed by atoms with Crippen LogP contribution in [0.25, 0.3) is 10.9 Å². The van der Waals surface area contributed by atoms with E-state index in [1.807, 2.05) is 18.3 Å². The van der Waals surface area contributed by atoms with Gasteiger partial charge in [-0.05, 0) is 49.7 Å². The lowest BCUT2D eigenvalue weighted by molar-refractivity contribution is -0.142. The average Bonchev–Trinajstić information content (AvgIpc) is 3.35. The molecule has 1 aliphatic heterocycles. The lowest BCUT2D eigenvalue weighted by Crippen LogP contribution is -2.44. The third-order valence-corrected chi connectivity index (χ3v) is 6.40. The Hall–Kier alpha value is -2.34. The van der Waals surface area contributed by atoms with Gasteiger partial charge in [0.15, 0.2) is 0 Å². The summed E-state index contributed by atoms with van der Waals surface area (Å²) in [5.41, 5.74) is 2.30. The quantitative estimate of drug-likeness (QED) is 0.638. The van der Waals surface area contributed by atoms with Crippen molar-refractivity contribution in [2.45, 2.75) is 57.0 Å². The van der Waals surface area contributed by atoms with Gasteiger partial charge in [0.25, 0.3) is 0 Å². The lowest BCUT2D eigenvalue weighted by Gasteiger charge is -2.30. The Bertz CT molecular complexity index is 858. The van der Waals surface area contributed by atoms with Crippen molar-refractivity contribution < 1.29 is 14.3 Å². The van der Waals surface area contributed by atoms with Crippen molar-refractivity contribution in [1.82, 2.24) is 15.2 Å². The molecular weight excluding hydrogens is 366 g/mol. The first kappa shape index (κ1) is 20.0. The first-order valence-electron chi connectivity index (χ1n) is 10.8. The van der Waals surface area contributed by atoms with Crippen molar-refractivity contribution in [3.05, 3.63) is 36.0 Å². The number of H-pyrrole nitrogens is 1. The maximum absolute atomic E-state index is 12.5. The van der Waals surface area contributed by atoms with Crippen molar-refractivity contribution in [2.24, 2.45) is 5.92 Å². The number of ether oxygens (including phenoxy) is 1. The molecule has 1 saturated carbocycles. The van der Waals surface area contributed by atoms with Crippen molar-refractivity contribution in [3.8, 4) is 0 Å². The third-order valence-electron chi connectivity index (χ3n) is 6.40. The predicted octanol–water partition coefficient (Wildman–Crippen LogP) is 3.02. The summed E-state index contributed by atoms with van der Waals surface area (Å²) in [6.45, 7) is 1.70. The molecule has 2 atom stereocenters. The van der Waals surface area contributed by atoms with Gasteiger partial charge in [0.1, 0.15) is 0 Å². The summed E-state index contributed by atoms with van der Waals surface area (Å²) < 4.78 is 4.87. The normalized spacial score (nSPS) is 22.1. The van der Waals surface area contributed by atoms with Crippen LogP contribution < -0.4 is 5.32 Å². The number of esters is 1. The maximum atomic E-state index is 12.5. The minimum Gasteiger partial charge on any atom is -0.469 e. The Labute approximate surface area is 172 Å². The second kappa shape index (κ2) is 8.99. The van der Waals surface area contributed by atoms with Crippen molar-refractivity contribution >= 4 is 22.8 Å². The molecule has 2 fully saturated rings. The van der Waals surface area contributed by atoms with Crippen molar-refractivity contribution in [1.29, 1.82) is 0 Å². The van der Waals surface area contributed by atoms with Crippen LogP contribution in [0.2, 0.25) is 0 Å². The first-order chi connectivity index (χ1) is 14.1. The maximum Gasteiger partial charge on any atom is 0.307 e. The molecule has 1 aromatic carbocycles. The Morgan fingerprint density at radius 2 is 1.97 bits per heavy atom. The molecule has 6 heteroatoms. The molecule has 1 aliphatic carbocycles. The highest BCUT2D eigenvalue weighted by Gasteiger charge is 2.38. The standard InChI is InChI=1S/C23H31N3O3/c1-29-23(28)12-18-9-10-19(26(18)15-16-6-7-16)14-25-22(27)11-8-17-13-24-21-5-3-2-4-20(17)21/h2-5,13,16,18-19,24H,6-12,14-15H2,1H3,(H,25,27)/t18-,19+/m1/s1. The summed E-state index contributed by atoms with van der Waals surface area (Å²) in [7, 11) is 1.45. The van der Waals surface area contributed by atoms with Gasteiger partial charge < -0.3 is 15.0 Å². The predicted molar refractivity (Wildman–Crippen MR) is 113 cm³/mol. The molecule has 2 aliphatic rings. The number of likely N-dealkylation sites (tertiary alicyclic amines) is 1. The van der Waals surface area contributed by atoms with E-state index in [0.29, 0.717) is 25.4 Å². The molecule has 1 aromatic heterocycles. The first-order valence-corrected chi connectivity index (χ1v) is 10.8. The highest BCUT2D eigenvalue weighted by molar-refractivity contribution is 5.84. The molecule has 0 spiro atoms. The molecule has 2 aromatic rings. The molecule has 2 N–H and O–H groups in total. The number of hydrogen-bond acceptors (Lipinski definition) is 4. The van der Waals surface area contributed by atoms with Gasteiger partial charge in [-0.1, -0.05) is 18.2 Å². The molecule has 1 amide bonds. The van der Waals surface area contributed by atoms with Crippen LogP contribution in [-0.4, -0.2) is 54.0 Å². The smallest absolute Gasteiger partial charge is 0.307 e. The van der Waals surface area contributed by atoms with Crippen LogP contribution in [0.3, 0.4) is 0 Å². The zero-order valence-electron chi connectivity index (χ0n) is 17.2. The van der Waals surface area contributed by atoms with Crippen molar-refractivity contribution in [3.63, 3.8) is 0 Å². The fourth-order valence-electron chi connectivity index (χ4n) is 4.53. The van der Waals surface area contributed by atoms with Crippen LogP contribution in [0.5, 0.6) is 0 Å². The summed E-state index contributed by atoms with van der Waals surface area (Å²) >= 11 is 0. The Kier molecular flexibility index (Phi) is 6.19. The van der Waals surface area contributed by atoms with Crippen molar-refractivity contribution in [2.75, 3.05) is 20.2 Å². The second-order valence-corrected chi connectivity index (χ2v) is 8.47. The fourth-order valence-corrected chi connectivity index (χ4v) is 4.53. The SMILES string of the molecule is COC(=O)C[C@H]1CC[C@@H](CNC(=O)CCc2c[nH]c3ccccc23)N1CC1CC1.